The van der Waals surface area contributed by atoms with Crippen LogP contribution in [-0.2, 0) is 5.33 Å². The van der Waals surface area contributed by atoms with Crippen LogP contribution < -0.4 is 0 Å². The highest BCUT2D eigenvalue weighted by Crippen LogP contribution is 2.25. The largest absolute Gasteiger partial charge is 0.269 e. The molecule has 14 heavy (non-hydrogen) atoms. The molecule has 0 amide bonds. The molecule has 0 bridgehead atoms. The van der Waals surface area contributed by atoms with E-state index >= 15 is 0 Å². The van der Waals surface area contributed by atoms with Gasteiger partial charge in [-0.1, -0.05) is 15.9 Å². The highest BCUT2D eigenvalue weighted by molar-refractivity contribution is 9.08. The molecular formula is C8H4BrF3N2. The van der Waals surface area contributed by atoms with E-state index in [1.807, 2.05) is 0 Å². The average molecular weight is 265 g/mol. The van der Waals surface area contributed by atoms with Crippen molar-refractivity contribution in [3.05, 3.63) is 28.8 Å². The molecule has 0 atom stereocenters. The molecule has 0 aliphatic rings. The molecule has 0 aliphatic carbocycles. The highest BCUT2D eigenvalue weighted by atomic mass is 79.9. The first-order chi connectivity index (χ1) is 6.60. The fourth-order valence-electron chi connectivity index (χ4n) is 0.935. The van der Waals surface area contributed by atoms with Gasteiger partial charge in [-0.15, -0.1) is 0 Å². The third kappa shape index (κ3) is 2.04. The van der Waals surface area contributed by atoms with E-state index in [0.717, 1.165) is 6.07 Å². The van der Waals surface area contributed by atoms with Crippen LogP contribution in [0, 0.1) is 17.1 Å². The van der Waals surface area contributed by atoms with Crippen molar-refractivity contribution < 1.29 is 13.2 Å². The Hall–Kier alpha value is -1.09. The summed E-state index contributed by atoms with van der Waals surface area (Å²) in [5, 5.41) is 8.69. The number of halogens is 4. The SMILES string of the molecule is N#Cc1nc(CBr)cc(F)c1C(F)F. The van der Waals surface area contributed by atoms with Gasteiger partial charge in [0.15, 0.2) is 5.69 Å². The Bertz CT molecular complexity index is 387. The molecule has 74 valence electrons. The summed E-state index contributed by atoms with van der Waals surface area (Å²) in [6, 6.07) is 2.33. The lowest BCUT2D eigenvalue weighted by Gasteiger charge is -2.05. The fourth-order valence-corrected chi connectivity index (χ4v) is 1.22. The van der Waals surface area contributed by atoms with Gasteiger partial charge in [0, 0.05) is 5.33 Å². The van der Waals surface area contributed by atoms with Crippen LogP contribution in [0.15, 0.2) is 6.07 Å². The first-order valence-electron chi connectivity index (χ1n) is 3.53. The fraction of sp³-hybridized carbons (Fsp3) is 0.250. The molecule has 0 aliphatic heterocycles. The summed E-state index contributed by atoms with van der Waals surface area (Å²) in [5.74, 6) is -1.10. The minimum atomic E-state index is -3.03. The van der Waals surface area contributed by atoms with Crippen molar-refractivity contribution in [1.29, 1.82) is 5.26 Å². The second kappa shape index (κ2) is 4.42. The number of hydrogen-bond acceptors (Lipinski definition) is 2. The molecular weight excluding hydrogens is 261 g/mol. The normalized spacial score (nSPS) is 10.3. The van der Waals surface area contributed by atoms with Gasteiger partial charge in [-0.05, 0) is 6.07 Å². The van der Waals surface area contributed by atoms with Crippen LogP contribution in [0.4, 0.5) is 13.2 Å². The van der Waals surface area contributed by atoms with Crippen molar-refractivity contribution in [3.8, 4) is 6.07 Å². The number of pyridine rings is 1. The molecule has 1 aromatic rings. The lowest BCUT2D eigenvalue weighted by molar-refractivity contribution is 0.145. The third-order valence-electron chi connectivity index (χ3n) is 1.52. The van der Waals surface area contributed by atoms with Crippen LogP contribution in [0.2, 0.25) is 0 Å². The Morgan fingerprint density at radius 2 is 2.21 bits per heavy atom. The van der Waals surface area contributed by atoms with E-state index < -0.39 is 23.5 Å². The molecule has 6 heteroatoms. The number of alkyl halides is 3. The zero-order valence-corrected chi connectivity index (χ0v) is 8.35. The number of aromatic nitrogens is 1. The molecule has 0 unspecified atom stereocenters. The van der Waals surface area contributed by atoms with Gasteiger partial charge in [0.2, 0.25) is 0 Å². The molecule has 1 rings (SSSR count). The molecule has 0 saturated heterocycles. The smallest absolute Gasteiger partial charge is 0.241 e. The van der Waals surface area contributed by atoms with Gasteiger partial charge < -0.3 is 0 Å². The molecule has 1 heterocycles. The minimum absolute atomic E-state index is 0.210. The van der Waals surface area contributed by atoms with Gasteiger partial charge in [-0.25, -0.2) is 18.2 Å². The summed E-state index contributed by atoms with van der Waals surface area (Å²) in [6.07, 6.45) is -3.03. The molecule has 0 spiro atoms. The van der Waals surface area contributed by atoms with E-state index in [0.29, 0.717) is 0 Å². The lowest BCUT2D eigenvalue weighted by atomic mass is 10.2. The average Bonchev–Trinajstić information content (AvgIpc) is 2.15. The van der Waals surface area contributed by atoms with Crippen molar-refractivity contribution in [1.82, 2.24) is 4.98 Å². The second-order valence-electron chi connectivity index (χ2n) is 2.40. The van der Waals surface area contributed by atoms with E-state index in [4.69, 9.17) is 5.26 Å². The van der Waals surface area contributed by atoms with Crippen LogP contribution in [0.1, 0.15) is 23.4 Å². The summed E-state index contributed by atoms with van der Waals surface area (Å²) in [5.41, 5.74) is -1.28. The predicted octanol–water partition coefficient (Wildman–Crippen LogP) is 2.92. The van der Waals surface area contributed by atoms with Crippen molar-refractivity contribution in [2.75, 3.05) is 0 Å². The van der Waals surface area contributed by atoms with Crippen molar-refractivity contribution in [2.24, 2.45) is 0 Å². The molecule has 0 radical (unpaired) electrons. The van der Waals surface area contributed by atoms with Gasteiger partial charge in [-0.3, -0.25) is 0 Å². The van der Waals surface area contributed by atoms with Crippen LogP contribution >= 0.6 is 15.9 Å². The second-order valence-corrected chi connectivity index (χ2v) is 2.96. The third-order valence-corrected chi connectivity index (χ3v) is 2.10. The zero-order chi connectivity index (χ0) is 10.7. The van der Waals surface area contributed by atoms with Crippen molar-refractivity contribution >= 4 is 15.9 Å². The van der Waals surface area contributed by atoms with E-state index in [9.17, 15) is 13.2 Å². The summed E-state index contributed by atoms with van der Waals surface area (Å²) in [4.78, 5) is 3.56. The maximum Gasteiger partial charge on any atom is 0.269 e. The molecule has 1 aromatic heterocycles. The Balaban J connectivity index is 3.37. The van der Waals surface area contributed by atoms with Gasteiger partial charge >= 0.3 is 0 Å². The summed E-state index contributed by atoms with van der Waals surface area (Å²) >= 11 is 2.99. The zero-order valence-electron chi connectivity index (χ0n) is 6.77. The number of nitriles is 1. The Morgan fingerprint density at radius 3 is 2.64 bits per heavy atom. The highest BCUT2D eigenvalue weighted by Gasteiger charge is 2.20. The molecule has 0 aromatic carbocycles. The molecule has 2 nitrogen and oxygen atoms in total. The molecule has 0 fully saturated rings. The Morgan fingerprint density at radius 1 is 1.57 bits per heavy atom. The van der Waals surface area contributed by atoms with Gasteiger partial charge in [0.05, 0.1) is 11.3 Å². The quantitative estimate of drug-likeness (QED) is 0.771. The standard InChI is InChI=1S/C8H4BrF3N2/c9-2-4-1-5(10)7(8(11)12)6(3-13)14-4/h1,8H,2H2. The maximum absolute atomic E-state index is 13.0. The lowest BCUT2D eigenvalue weighted by Crippen LogP contribution is -2.01. The summed E-state index contributed by atoms with van der Waals surface area (Å²) < 4.78 is 37.6. The van der Waals surface area contributed by atoms with Crippen LogP contribution in [0.5, 0.6) is 0 Å². The van der Waals surface area contributed by atoms with Crippen LogP contribution in [-0.4, -0.2) is 4.98 Å². The summed E-state index contributed by atoms with van der Waals surface area (Å²) in [6.45, 7) is 0. The van der Waals surface area contributed by atoms with Gasteiger partial charge in [0.25, 0.3) is 6.43 Å². The number of rotatable bonds is 2. The number of hydrogen-bond donors (Lipinski definition) is 0. The van der Waals surface area contributed by atoms with Crippen LogP contribution in [0.3, 0.4) is 0 Å². The van der Waals surface area contributed by atoms with Crippen LogP contribution in [0.25, 0.3) is 0 Å². The van der Waals surface area contributed by atoms with Crippen molar-refractivity contribution in [2.45, 2.75) is 11.8 Å². The predicted molar refractivity (Wildman–Crippen MR) is 46.5 cm³/mol. The Labute approximate surface area is 86.5 Å². The van der Waals surface area contributed by atoms with E-state index in [-0.39, 0.29) is 11.0 Å². The maximum atomic E-state index is 13.0. The first kappa shape index (κ1) is 11.0. The van der Waals surface area contributed by atoms with Gasteiger partial charge in [0.1, 0.15) is 11.9 Å². The number of nitrogens with zero attached hydrogens (tertiary/aromatic N) is 2. The molecule has 0 N–H and O–H groups in total. The topological polar surface area (TPSA) is 36.7 Å². The van der Waals surface area contributed by atoms with Crippen molar-refractivity contribution in [3.63, 3.8) is 0 Å². The monoisotopic (exact) mass is 264 g/mol. The van der Waals surface area contributed by atoms with E-state index in [1.165, 1.54) is 6.07 Å². The van der Waals surface area contributed by atoms with Gasteiger partial charge in [-0.2, -0.15) is 5.26 Å². The first-order valence-corrected chi connectivity index (χ1v) is 4.65. The van der Waals surface area contributed by atoms with E-state index in [1.54, 1.807) is 0 Å². The Kier molecular flexibility index (Phi) is 3.47. The van der Waals surface area contributed by atoms with E-state index in [2.05, 4.69) is 20.9 Å². The summed E-state index contributed by atoms with van der Waals surface area (Å²) in [7, 11) is 0. The molecule has 0 saturated carbocycles. The minimum Gasteiger partial charge on any atom is -0.241 e.